The predicted molar refractivity (Wildman–Crippen MR) is 64.0 cm³/mol. The van der Waals surface area contributed by atoms with Gasteiger partial charge in [0.25, 0.3) is 0 Å². The Morgan fingerprint density at radius 3 is 2.53 bits per heavy atom. The number of nitrogens with one attached hydrogen (secondary N) is 1. The molecule has 2 N–H and O–H groups in total. The molecule has 0 fully saturated rings. The van der Waals surface area contributed by atoms with Gasteiger partial charge in [-0.3, -0.25) is 0 Å². The molecule has 1 aromatic heterocycles. The van der Waals surface area contributed by atoms with Gasteiger partial charge in [0.15, 0.2) is 0 Å². The van der Waals surface area contributed by atoms with Crippen molar-refractivity contribution in [2.24, 2.45) is 0 Å². The number of aromatic nitrogens is 1. The number of aliphatic hydroxyl groups excluding tert-OH is 1. The topological polar surface area (TPSA) is 36.0 Å². The number of aromatic amines is 1. The summed E-state index contributed by atoms with van der Waals surface area (Å²) >= 11 is 17.9. The van der Waals surface area contributed by atoms with Gasteiger partial charge in [0.1, 0.15) is 5.15 Å². The van der Waals surface area contributed by atoms with E-state index in [1.807, 2.05) is 0 Å². The lowest BCUT2D eigenvalue weighted by atomic mass is 10.1. The zero-order chi connectivity index (χ0) is 11.2. The van der Waals surface area contributed by atoms with Crippen LogP contribution < -0.4 is 0 Å². The molecule has 0 radical (unpaired) electrons. The summed E-state index contributed by atoms with van der Waals surface area (Å²) in [6.07, 6.45) is -0.666. The molecule has 0 aliphatic carbocycles. The van der Waals surface area contributed by atoms with E-state index in [-0.39, 0.29) is 0 Å². The van der Waals surface area contributed by atoms with Crippen molar-refractivity contribution in [3.8, 4) is 0 Å². The van der Waals surface area contributed by atoms with E-state index in [0.717, 1.165) is 5.39 Å². The molecule has 0 spiro atoms. The summed E-state index contributed by atoms with van der Waals surface area (Å²) in [5.41, 5.74) is 1.32. The minimum Gasteiger partial charge on any atom is -0.389 e. The van der Waals surface area contributed by atoms with Gasteiger partial charge in [-0.2, -0.15) is 0 Å². The summed E-state index contributed by atoms with van der Waals surface area (Å²) in [4.78, 5) is 2.92. The average Bonchev–Trinajstić information content (AvgIpc) is 2.41. The van der Waals surface area contributed by atoms with Crippen LogP contribution in [0.15, 0.2) is 12.1 Å². The minimum atomic E-state index is -0.666. The highest BCUT2D eigenvalue weighted by atomic mass is 35.5. The second-order valence-corrected chi connectivity index (χ2v) is 4.56. The number of hydrogen-bond acceptors (Lipinski definition) is 1. The number of rotatable bonds is 1. The van der Waals surface area contributed by atoms with Crippen LogP contribution in [0.3, 0.4) is 0 Å². The van der Waals surface area contributed by atoms with Crippen molar-refractivity contribution in [1.82, 2.24) is 4.98 Å². The molecular formula is C10H8Cl3NO. The molecular weight excluding hydrogens is 256 g/mol. The SMILES string of the molecule is CC(O)c1c(Cl)[nH]c2c(Cl)cc(Cl)cc12. The minimum absolute atomic E-state index is 0.393. The molecule has 2 nitrogen and oxygen atoms in total. The quantitative estimate of drug-likeness (QED) is 0.796. The van der Waals surface area contributed by atoms with Gasteiger partial charge in [-0.25, -0.2) is 0 Å². The molecule has 0 saturated carbocycles. The predicted octanol–water partition coefficient (Wildman–Crippen LogP) is 4.18. The summed E-state index contributed by atoms with van der Waals surface area (Å²) in [5, 5.41) is 11.7. The van der Waals surface area contributed by atoms with Gasteiger partial charge < -0.3 is 10.1 Å². The molecule has 0 aliphatic heterocycles. The summed E-state index contributed by atoms with van der Waals surface area (Å²) in [7, 11) is 0. The zero-order valence-electron chi connectivity index (χ0n) is 7.81. The van der Waals surface area contributed by atoms with E-state index < -0.39 is 6.10 Å². The van der Waals surface area contributed by atoms with Crippen LogP contribution >= 0.6 is 34.8 Å². The van der Waals surface area contributed by atoms with E-state index in [4.69, 9.17) is 34.8 Å². The highest BCUT2D eigenvalue weighted by Gasteiger charge is 2.16. The molecule has 0 saturated heterocycles. The molecule has 1 aromatic carbocycles. The van der Waals surface area contributed by atoms with Crippen LogP contribution in [0.1, 0.15) is 18.6 Å². The van der Waals surface area contributed by atoms with Gasteiger partial charge in [0, 0.05) is 16.0 Å². The third-order valence-corrected chi connectivity index (χ3v) is 3.05. The molecule has 0 amide bonds. The lowest BCUT2D eigenvalue weighted by Crippen LogP contribution is -1.89. The second-order valence-electron chi connectivity index (χ2n) is 3.34. The van der Waals surface area contributed by atoms with E-state index in [9.17, 15) is 5.11 Å². The van der Waals surface area contributed by atoms with Crippen LogP contribution in [0.2, 0.25) is 15.2 Å². The van der Waals surface area contributed by atoms with Crippen molar-refractivity contribution >= 4 is 45.7 Å². The van der Waals surface area contributed by atoms with Crippen molar-refractivity contribution < 1.29 is 5.11 Å². The van der Waals surface area contributed by atoms with E-state index in [1.165, 1.54) is 0 Å². The van der Waals surface area contributed by atoms with Crippen molar-refractivity contribution in [3.63, 3.8) is 0 Å². The monoisotopic (exact) mass is 263 g/mol. The van der Waals surface area contributed by atoms with Gasteiger partial charge in [0.2, 0.25) is 0 Å². The Hall–Kier alpha value is -0.410. The van der Waals surface area contributed by atoms with Crippen molar-refractivity contribution in [1.29, 1.82) is 0 Å². The lowest BCUT2D eigenvalue weighted by Gasteiger charge is -2.03. The maximum atomic E-state index is 9.58. The Morgan fingerprint density at radius 2 is 1.93 bits per heavy atom. The molecule has 15 heavy (non-hydrogen) atoms. The molecule has 80 valence electrons. The highest BCUT2D eigenvalue weighted by molar-refractivity contribution is 6.39. The first-order valence-electron chi connectivity index (χ1n) is 4.35. The summed E-state index contributed by atoms with van der Waals surface area (Å²) in [5.74, 6) is 0. The fraction of sp³-hybridized carbons (Fsp3) is 0.200. The first-order valence-corrected chi connectivity index (χ1v) is 5.48. The molecule has 0 aliphatic rings. The Labute approximate surface area is 102 Å². The molecule has 1 unspecified atom stereocenters. The lowest BCUT2D eigenvalue weighted by molar-refractivity contribution is 0.201. The zero-order valence-corrected chi connectivity index (χ0v) is 10.1. The highest BCUT2D eigenvalue weighted by Crippen LogP contribution is 2.36. The number of hydrogen-bond donors (Lipinski definition) is 2. The first-order chi connectivity index (χ1) is 7.00. The third-order valence-electron chi connectivity index (χ3n) is 2.23. The molecule has 2 aromatic rings. The van der Waals surface area contributed by atoms with Crippen molar-refractivity contribution in [2.75, 3.05) is 0 Å². The van der Waals surface area contributed by atoms with Crippen LogP contribution in [0, 0.1) is 0 Å². The van der Waals surface area contributed by atoms with E-state index >= 15 is 0 Å². The number of halogens is 3. The molecule has 1 atom stereocenters. The van der Waals surface area contributed by atoms with Crippen molar-refractivity contribution in [3.05, 3.63) is 32.9 Å². The normalized spacial score (nSPS) is 13.4. The van der Waals surface area contributed by atoms with E-state index in [2.05, 4.69) is 4.98 Å². The summed E-state index contributed by atoms with van der Waals surface area (Å²) in [6, 6.07) is 3.36. The second kappa shape index (κ2) is 3.87. The maximum absolute atomic E-state index is 9.58. The maximum Gasteiger partial charge on any atom is 0.113 e. The summed E-state index contributed by atoms with van der Waals surface area (Å²) in [6.45, 7) is 1.64. The van der Waals surface area contributed by atoms with Crippen LogP contribution in [0.25, 0.3) is 10.9 Å². The van der Waals surface area contributed by atoms with Gasteiger partial charge in [-0.1, -0.05) is 34.8 Å². The van der Waals surface area contributed by atoms with Gasteiger partial charge in [0.05, 0.1) is 16.6 Å². The Morgan fingerprint density at radius 1 is 1.27 bits per heavy atom. The van der Waals surface area contributed by atoms with Crippen LogP contribution in [0.4, 0.5) is 0 Å². The summed E-state index contributed by atoms with van der Waals surface area (Å²) < 4.78 is 0. The molecule has 0 bridgehead atoms. The van der Waals surface area contributed by atoms with Crippen LogP contribution in [-0.2, 0) is 0 Å². The number of fused-ring (bicyclic) bond motifs is 1. The average molecular weight is 265 g/mol. The smallest absolute Gasteiger partial charge is 0.113 e. The number of H-pyrrole nitrogens is 1. The third kappa shape index (κ3) is 1.83. The fourth-order valence-corrected chi connectivity index (χ4v) is 2.51. The van der Waals surface area contributed by atoms with Crippen LogP contribution in [-0.4, -0.2) is 10.1 Å². The van der Waals surface area contributed by atoms with Gasteiger partial charge in [-0.05, 0) is 19.1 Å². The number of aliphatic hydroxyl groups is 1. The Bertz CT molecular complexity index is 519. The van der Waals surface area contributed by atoms with Crippen LogP contribution in [0.5, 0.6) is 0 Å². The molecule has 5 heteroatoms. The van der Waals surface area contributed by atoms with Gasteiger partial charge >= 0.3 is 0 Å². The molecule has 1 heterocycles. The number of benzene rings is 1. The Balaban J connectivity index is 2.86. The van der Waals surface area contributed by atoms with E-state index in [0.29, 0.717) is 26.3 Å². The standard InChI is InChI=1S/C10H8Cl3NO/c1-4(15)8-6-2-5(11)3-7(12)9(6)14-10(8)13/h2-4,14-15H,1H3. The van der Waals surface area contributed by atoms with Crippen molar-refractivity contribution in [2.45, 2.75) is 13.0 Å². The van der Waals surface area contributed by atoms with E-state index in [1.54, 1.807) is 19.1 Å². The fourth-order valence-electron chi connectivity index (χ4n) is 1.62. The van der Waals surface area contributed by atoms with Gasteiger partial charge in [-0.15, -0.1) is 0 Å². The first kappa shape index (κ1) is 11.1. The Kier molecular flexibility index (Phi) is 2.86. The largest absolute Gasteiger partial charge is 0.389 e. The molecule has 2 rings (SSSR count).